The van der Waals surface area contributed by atoms with Crippen LogP contribution >= 0.6 is 11.8 Å². The molecule has 0 aromatic heterocycles. The fourth-order valence-electron chi connectivity index (χ4n) is 2.60. The first kappa shape index (κ1) is 16.8. The van der Waals surface area contributed by atoms with E-state index in [0.717, 1.165) is 43.1 Å². The minimum atomic E-state index is -0.115. The third kappa shape index (κ3) is 5.97. The van der Waals surface area contributed by atoms with E-state index < -0.39 is 0 Å². The third-order valence-electron chi connectivity index (χ3n) is 3.82. The quantitative estimate of drug-likeness (QED) is 0.689. The Labute approximate surface area is 131 Å². The number of benzene rings is 1. The van der Waals surface area contributed by atoms with E-state index in [1.165, 1.54) is 18.9 Å². The molecular weight excluding hydrogens is 285 g/mol. The van der Waals surface area contributed by atoms with Crippen molar-refractivity contribution in [1.29, 1.82) is 0 Å². The Morgan fingerprint density at radius 1 is 1.43 bits per heavy atom. The molecule has 0 spiro atoms. The summed E-state index contributed by atoms with van der Waals surface area (Å²) in [5.41, 5.74) is 0. The van der Waals surface area contributed by atoms with Gasteiger partial charge in [-0.05, 0) is 50.8 Å². The van der Waals surface area contributed by atoms with Gasteiger partial charge in [0.05, 0.1) is 6.10 Å². The van der Waals surface area contributed by atoms with Crippen LogP contribution in [0.1, 0.15) is 39.0 Å². The van der Waals surface area contributed by atoms with Crippen molar-refractivity contribution < 1.29 is 9.13 Å². The van der Waals surface area contributed by atoms with E-state index in [-0.39, 0.29) is 5.82 Å². The smallest absolute Gasteiger partial charge is 0.136 e. The Bertz CT molecular complexity index is 410. The van der Waals surface area contributed by atoms with Gasteiger partial charge in [0.25, 0.3) is 0 Å². The molecule has 21 heavy (non-hydrogen) atoms. The number of hydrogen-bond donors (Lipinski definition) is 1. The van der Waals surface area contributed by atoms with Gasteiger partial charge in [0.1, 0.15) is 5.82 Å². The summed E-state index contributed by atoms with van der Waals surface area (Å²) in [6.07, 6.45) is 6.17. The summed E-state index contributed by atoms with van der Waals surface area (Å²) in [6.45, 7) is 4.11. The van der Waals surface area contributed by atoms with Gasteiger partial charge in [0, 0.05) is 23.3 Å². The van der Waals surface area contributed by atoms with Crippen LogP contribution in [0, 0.1) is 5.82 Å². The van der Waals surface area contributed by atoms with Crippen LogP contribution in [-0.2, 0) is 4.74 Å². The molecule has 1 saturated heterocycles. The molecule has 0 bridgehead atoms. The van der Waals surface area contributed by atoms with Crippen molar-refractivity contribution in [3.63, 3.8) is 0 Å². The first-order chi connectivity index (χ1) is 10.3. The molecule has 2 rings (SSSR count). The molecular formula is C17H26FNOS. The van der Waals surface area contributed by atoms with E-state index in [1.807, 2.05) is 12.1 Å². The Balaban J connectivity index is 1.79. The lowest BCUT2D eigenvalue weighted by atomic mass is 10.1. The maximum absolute atomic E-state index is 13.7. The first-order valence-corrected chi connectivity index (χ1v) is 9.00. The van der Waals surface area contributed by atoms with E-state index in [1.54, 1.807) is 17.8 Å². The lowest BCUT2D eigenvalue weighted by Crippen LogP contribution is -2.33. The maximum atomic E-state index is 13.7. The molecule has 1 aromatic rings. The van der Waals surface area contributed by atoms with Crippen LogP contribution in [-0.4, -0.2) is 31.1 Å². The van der Waals surface area contributed by atoms with Gasteiger partial charge in [0.2, 0.25) is 0 Å². The molecule has 2 unspecified atom stereocenters. The topological polar surface area (TPSA) is 21.3 Å². The molecule has 1 N–H and O–H groups in total. The highest BCUT2D eigenvalue weighted by molar-refractivity contribution is 7.99. The second-order valence-electron chi connectivity index (χ2n) is 5.60. The number of halogens is 1. The zero-order valence-electron chi connectivity index (χ0n) is 12.8. The van der Waals surface area contributed by atoms with E-state index in [9.17, 15) is 4.39 Å². The number of nitrogens with one attached hydrogen (secondary N) is 1. The van der Waals surface area contributed by atoms with Gasteiger partial charge in [-0.15, -0.1) is 11.8 Å². The van der Waals surface area contributed by atoms with Crippen molar-refractivity contribution in [1.82, 2.24) is 5.32 Å². The van der Waals surface area contributed by atoms with Gasteiger partial charge < -0.3 is 10.1 Å². The molecule has 0 radical (unpaired) electrons. The molecule has 1 aliphatic rings. The normalized spacial score (nSPS) is 19.8. The second-order valence-corrected chi connectivity index (χ2v) is 6.67. The minimum Gasteiger partial charge on any atom is -0.378 e. The molecule has 118 valence electrons. The van der Waals surface area contributed by atoms with Crippen molar-refractivity contribution in [3.8, 4) is 0 Å². The van der Waals surface area contributed by atoms with E-state index in [4.69, 9.17) is 4.74 Å². The summed E-state index contributed by atoms with van der Waals surface area (Å²) in [7, 11) is 0. The van der Waals surface area contributed by atoms with Crippen LogP contribution in [0.4, 0.5) is 4.39 Å². The SMILES string of the molecule is CCCNC(CCC1CCCO1)CSc1ccccc1F. The van der Waals surface area contributed by atoms with Gasteiger partial charge in [-0.25, -0.2) is 4.39 Å². The molecule has 0 aliphatic carbocycles. The number of thioether (sulfide) groups is 1. The van der Waals surface area contributed by atoms with Crippen LogP contribution in [0.25, 0.3) is 0 Å². The first-order valence-electron chi connectivity index (χ1n) is 8.02. The number of rotatable bonds is 9. The summed E-state index contributed by atoms with van der Waals surface area (Å²) in [5, 5.41) is 3.58. The molecule has 1 aliphatic heterocycles. The van der Waals surface area contributed by atoms with Gasteiger partial charge in [-0.1, -0.05) is 19.1 Å². The fraction of sp³-hybridized carbons (Fsp3) is 0.647. The highest BCUT2D eigenvalue weighted by Crippen LogP contribution is 2.24. The summed E-state index contributed by atoms with van der Waals surface area (Å²) >= 11 is 1.61. The second kappa shape index (κ2) is 9.44. The Morgan fingerprint density at radius 3 is 3.00 bits per heavy atom. The Morgan fingerprint density at radius 2 is 2.29 bits per heavy atom. The summed E-state index contributed by atoms with van der Waals surface area (Å²) < 4.78 is 19.4. The lowest BCUT2D eigenvalue weighted by Gasteiger charge is -2.20. The molecule has 1 aromatic carbocycles. The molecule has 1 fully saturated rings. The molecule has 0 saturated carbocycles. The minimum absolute atomic E-state index is 0.115. The zero-order valence-corrected chi connectivity index (χ0v) is 13.6. The van der Waals surface area contributed by atoms with Crippen molar-refractivity contribution >= 4 is 11.8 Å². The molecule has 2 atom stereocenters. The fourth-order valence-corrected chi connectivity index (χ4v) is 3.65. The molecule has 2 nitrogen and oxygen atoms in total. The predicted molar refractivity (Wildman–Crippen MR) is 87.4 cm³/mol. The number of hydrogen-bond acceptors (Lipinski definition) is 3. The van der Waals surface area contributed by atoms with E-state index in [0.29, 0.717) is 12.1 Å². The van der Waals surface area contributed by atoms with E-state index >= 15 is 0 Å². The van der Waals surface area contributed by atoms with Gasteiger partial charge in [-0.3, -0.25) is 0 Å². The standard InChI is InChI=1S/C17H26FNOS/c1-2-11-19-14(9-10-15-6-5-12-20-15)13-21-17-8-4-3-7-16(17)18/h3-4,7-8,14-15,19H,2,5-6,9-13H2,1H3. The van der Waals surface area contributed by atoms with Gasteiger partial charge in [-0.2, -0.15) is 0 Å². The van der Waals surface area contributed by atoms with Crippen LogP contribution in [0.2, 0.25) is 0 Å². The number of ether oxygens (including phenoxy) is 1. The van der Waals surface area contributed by atoms with Crippen LogP contribution in [0.3, 0.4) is 0 Å². The predicted octanol–water partition coefficient (Wildman–Crippen LogP) is 4.25. The summed E-state index contributed by atoms with van der Waals surface area (Å²) in [6, 6.07) is 7.45. The maximum Gasteiger partial charge on any atom is 0.136 e. The van der Waals surface area contributed by atoms with Crippen molar-refractivity contribution in [3.05, 3.63) is 30.1 Å². The van der Waals surface area contributed by atoms with Crippen molar-refractivity contribution in [2.45, 2.75) is 56.1 Å². The molecule has 0 amide bonds. The van der Waals surface area contributed by atoms with Crippen LogP contribution < -0.4 is 5.32 Å². The zero-order chi connectivity index (χ0) is 14.9. The molecule has 1 heterocycles. The Kier molecular flexibility index (Phi) is 7.54. The van der Waals surface area contributed by atoms with Gasteiger partial charge in [0.15, 0.2) is 0 Å². The monoisotopic (exact) mass is 311 g/mol. The highest BCUT2D eigenvalue weighted by atomic mass is 32.2. The Hall–Kier alpha value is -0.580. The summed E-state index contributed by atoms with van der Waals surface area (Å²) in [4.78, 5) is 0.748. The highest BCUT2D eigenvalue weighted by Gasteiger charge is 2.18. The van der Waals surface area contributed by atoms with Crippen LogP contribution in [0.15, 0.2) is 29.2 Å². The average Bonchev–Trinajstić information content (AvgIpc) is 3.01. The van der Waals surface area contributed by atoms with Gasteiger partial charge >= 0.3 is 0 Å². The summed E-state index contributed by atoms with van der Waals surface area (Å²) in [5.74, 6) is 0.795. The average molecular weight is 311 g/mol. The van der Waals surface area contributed by atoms with Crippen molar-refractivity contribution in [2.24, 2.45) is 0 Å². The molecule has 4 heteroatoms. The largest absolute Gasteiger partial charge is 0.378 e. The van der Waals surface area contributed by atoms with Crippen LogP contribution in [0.5, 0.6) is 0 Å². The van der Waals surface area contributed by atoms with E-state index in [2.05, 4.69) is 12.2 Å². The third-order valence-corrected chi connectivity index (χ3v) is 5.03. The lowest BCUT2D eigenvalue weighted by molar-refractivity contribution is 0.100. The van der Waals surface area contributed by atoms with Crippen molar-refractivity contribution in [2.75, 3.05) is 18.9 Å².